The number of hydrogen-bond donors (Lipinski definition) is 0. The Kier molecular flexibility index (Phi) is 10.7. The topological polar surface area (TPSA) is 18.5 Å². The average Bonchev–Trinajstić information content (AvgIpc) is 3.44. The van der Waals surface area contributed by atoms with Crippen LogP contribution in [-0.4, -0.2) is 16.6 Å². The smallest absolute Gasteiger partial charge is 1.00 e. The second-order valence-electron chi connectivity index (χ2n) is 14.5. The van der Waals surface area contributed by atoms with Crippen molar-refractivity contribution in [1.29, 1.82) is 0 Å². The zero-order valence-corrected chi connectivity index (χ0v) is 32.5. The summed E-state index contributed by atoms with van der Waals surface area (Å²) in [5, 5.41) is 0. The van der Waals surface area contributed by atoms with Crippen LogP contribution in [0.4, 0.5) is 0 Å². The van der Waals surface area contributed by atoms with Crippen molar-refractivity contribution in [2.45, 2.75) is 122 Å². The van der Waals surface area contributed by atoms with Crippen molar-refractivity contribution in [3.05, 3.63) is 82.3 Å². The van der Waals surface area contributed by atoms with Gasteiger partial charge < -0.3 is 24.8 Å². The van der Waals surface area contributed by atoms with Gasteiger partial charge in [0, 0.05) is 0 Å². The second-order valence-corrected chi connectivity index (χ2v) is 26.6. The molecule has 0 N–H and O–H groups in total. The van der Waals surface area contributed by atoms with Crippen LogP contribution >= 0.6 is 0 Å². The minimum atomic E-state index is -1.87. The van der Waals surface area contributed by atoms with Crippen LogP contribution < -0.4 is 24.8 Å². The average molecular weight is 731 g/mol. The molecule has 2 atom stereocenters. The molecular weight excluding hydrogens is 683 g/mol. The maximum absolute atomic E-state index is 7.52. The number of halogens is 2. The molecule has 0 saturated heterocycles. The molecule has 2 fully saturated rings. The normalized spacial score (nSPS) is 23.8. The van der Waals surface area contributed by atoms with E-state index in [1.165, 1.54) is 86.9 Å². The molecule has 1 heterocycles. The van der Waals surface area contributed by atoms with Crippen LogP contribution in [0.1, 0.15) is 107 Å². The van der Waals surface area contributed by atoms with Gasteiger partial charge in [-0.15, -0.1) is 0 Å². The van der Waals surface area contributed by atoms with Crippen molar-refractivity contribution >= 4 is 27.8 Å². The summed E-state index contributed by atoms with van der Waals surface area (Å²) in [6.07, 6.45) is 16.0. The van der Waals surface area contributed by atoms with E-state index >= 15 is 0 Å². The van der Waals surface area contributed by atoms with Crippen molar-refractivity contribution in [3.63, 3.8) is 0 Å². The van der Waals surface area contributed by atoms with E-state index in [4.69, 9.17) is 8.85 Å². The summed E-state index contributed by atoms with van der Waals surface area (Å²) in [4.78, 5) is 0. The van der Waals surface area contributed by atoms with Crippen LogP contribution in [0.3, 0.4) is 0 Å². The zero-order valence-electron chi connectivity index (χ0n) is 26.5. The minimum absolute atomic E-state index is 0. The Morgan fingerprint density at radius 3 is 1.33 bits per heavy atom. The monoisotopic (exact) mass is 728 g/mol. The van der Waals surface area contributed by atoms with Crippen LogP contribution in [0.5, 0.6) is 0 Å². The van der Waals surface area contributed by atoms with Crippen LogP contribution in [0, 0.1) is 0 Å². The van der Waals surface area contributed by atoms with Crippen molar-refractivity contribution in [2.75, 3.05) is 0 Å². The molecule has 2 aromatic rings. The first-order valence-corrected chi connectivity index (χ1v) is 25.4. The molecule has 0 radical (unpaired) electrons. The molecule has 4 aliphatic carbocycles. The van der Waals surface area contributed by atoms with Gasteiger partial charge in [0.1, 0.15) is 0 Å². The minimum Gasteiger partial charge on any atom is -1.00 e. The van der Waals surface area contributed by atoms with Gasteiger partial charge in [0.05, 0.1) is 0 Å². The van der Waals surface area contributed by atoms with Gasteiger partial charge in [-0.2, -0.15) is 0 Å². The number of allylic oxidation sites excluding steroid dienone is 4. The van der Waals surface area contributed by atoms with Gasteiger partial charge in [0.2, 0.25) is 0 Å². The van der Waals surface area contributed by atoms with Gasteiger partial charge in [0.15, 0.2) is 0 Å². The molecule has 2 aromatic carbocycles. The standard InChI is InChI=1S/C36H48O2Si2.2ClH.Zr/c1-39(2,29-17-7-5-8-18-29)37-35-25-27-15-11-13-21-31(27)33(35)23-24-34-32-22-14-12-16-28(32)26-36(34)38-40(3,4)30-19-9-6-10-20-30;;;/h11-16,21-22,25-26,29-30H,5-10,17-20,23-24H2,1-4H3;2*1H;/q;;;+2/p-2. The van der Waals surface area contributed by atoms with E-state index in [1.807, 2.05) is 0 Å². The molecule has 0 spiro atoms. The van der Waals surface area contributed by atoms with E-state index in [1.54, 1.807) is 22.3 Å². The summed E-state index contributed by atoms with van der Waals surface area (Å²) in [7, 11) is -3.73. The third-order valence-electron chi connectivity index (χ3n) is 11.2. The van der Waals surface area contributed by atoms with E-state index in [2.05, 4.69) is 74.7 Å². The molecule has 2 saturated carbocycles. The van der Waals surface area contributed by atoms with Gasteiger partial charge in [-0.1, -0.05) is 0 Å². The van der Waals surface area contributed by atoms with Gasteiger partial charge in [-0.25, -0.2) is 0 Å². The van der Waals surface area contributed by atoms with Crippen molar-refractivity contribution in [3.8, 4) is 0 Å². The molecule has 5 aliphatic rings. The molecule has 2 nitrogen and oxygen atoms in total. The fourth-order valence-corrected chi connectivity index (χ4v) is 19.7. The van der Waals surface area contributed by atoms with Crippen molar-refractivity contribution in [2.24, 2.45) is 0 Å². The fourth-order valence-electron chi connectivity index (χ4n) is 8.78. The Balaban J connectivity index is 0.00000184. The van der Waals surface area contributed by atoms with E-state index in [0.717, 1.165) is 23.9 Å². The van der Waals surface area contributed by atoms with E-state index in [-0.39, 0.29) is 24.8 Å². The summed E-state index contributed by atoms with van der Waals surface area (Å²) in [6, 6.07) is 18.8. The van der Waals surface area contributed by atoms with Crippen molar-refractivity contribution in [1.82, 2.24) is 0 Å². The van der Waals surface area contributed by atoms with Crippen LogP contribution in [0.25, 0.3) is 11.1 Å². The molecule has 0 unspecified atom stereocenters. The van der Waals surface area contributed by atoms with Crippen LogP contribution in [-0.2, 0) is 32.1 Å². The second kappa shape index (κ2) is 13.6. The summed E-state index contributed by atoms with van der Waals surface area (Å²) < 4.78 is 16.0. The van der Waals surface area contributed by atoms with Crippen LogP contribution in [0.15, 0.2) is 60.0 Å². The number of fused-ring (bicyclic) bond motifs is 8. The molecule has 7 heteroatoms. The predicted octanol–water partition coefficient (Wildman–Crippen LogP) is 4.91. The van der Waals surface area contributed by atoms with E-state index < -0.39 is 39.9 Å². The molecule has 230 valence electrons. The van der Waals surface area contributed by atoms with E-state index in [9.17, 15) is 0 Å². The predicted molar refractivity (Wildman–Crippen MR) is 172 cm³/mol. The molecule has 1 aliphatic heterocycles. The Morgan fingerprint density at radius 2 is 0.930 bits per heavy atom. The largest absolute Gasteiger partial charge is 1.00 e. The van der Waals surface area contributed by atoms with Gasteiger partial charge in [-0.05, 0) is 0 Å². The molecule has 0 amide bonds. The summed E-state index contributed by atoms with van der Waals surface area (Å²) in [6.45, 7) is 10.1. The molecule has 43 heavy (non-hydrogen) atoms. The first-order chi connectivity index (χ1) is 19.8. The molecule has 0 aromatic heterocycles. The quantitative estimate of drug-likeness (QED) is 0.394. The summed E-state index contributed by atoms with van der Waals surface area (Å²) in [5.74, 6) is 2.85. The molecular formula is C36H48Cl2O2Si2Zr. The molecule has 7 rings (SSSR count). The van der Waals surface area contributed by atoms with Gasteiger partial charge in [-0.3, -0.25) is 0 Å². The zero-order chi connectivity index (χ0) is 28.2. The first-order valence-electron chi connectivity index (χ1n) is 16.6. The third-order valence-corrected chi connectivity index (χ3v) is 22.2. The Morgan fingerprint density at radius 1 is 0.558 bits per heavy atom. The number of rotatable bonds is 6. The molecule has 4 bridgehead atoms. The van der Waals surface area contributed by atoms with Crippen molar-refractivity contribution < 1.29 is 56.9 Å². The van der Waals surface area contributed by atoms with E-state index in [0.29, 0.717) is 7.25 Å². The summed E-state index contributed by atoms with van der Waals surface area (Å²) >= 11 is -1.08. The Hall–Kier alpha value is -0.583. The van der Waals surface area contributed by atoms with Gasteiger partial charge >= 0.3 is 264 Å². The van der Waals surface area contributed by atoms with Crippen LogP contribution in [0.2, 0.25) is 37.3 Å². The SMILES string of the molecule is C[Si](C)(OC1=C2CCC3=C(O[Si](C)(C)C4CCCCC4)[C@H]([Zr+2][C@H]1c1ccccc12)c1ccccc13)C1CCCCC1.[Cl-].[Cl-]. The summed E-state index contributed by atoms with van der Waals surface area (Å²) in [5.41, 5.74) is 10.8. The maximum atomic E-state index is 7.52. The Labute approximate surface area is 286 Å². The fraction of sp³-hybridized carbons (Fsp3) is 0.556. The third kappa shape index (κ3) is 6.38. The Bertz CT molecular complexity index is 1270. The number of benzene rings is 2. The maximum Gasteiger partial charge on any atom is -1.00 e. The number of hydrogen-bond acceptors (Lipinski definition) is 2. The first kappa shape index (κ1) is 33.8. The van der Waals surface area contributed by atoms with Gasteiger partial charge in [0.25, 0.3) is 0 Å².